The molecule has 22 heavy (non-hydrogen) atoms. The third kappa shape index (κ3) is 2.99. The van der Waals surface area contributed by atoms with Crippen LogP contribution in [0.15, 0.2) is 51.3 Å². The van der Waals surface area contributed by atoms with Gasteiger partial charge < -0.3 is 4.52 Å². The molecular weight excluding hydrogens is 351 g/mol. The molecule has 3 rings (SSSR count). The van der Waals surface area contributed by atoms with Crippen LogP contribution in [0.25, 0.3) is 10.6 Å². The lowest BCUT2D eigenvalue weighted by atomic mass is 10.3. The normalized spacial score (nSPS) is 11.5. The van der Waals surface area contributed by atoms with Crippen LogP contribution < -0.4 is 4.72 Å². The van der Waals surface area contributed by atoms with Gasteiger partial charge in [0, 0.05) is 11.1 Å². The summed E-state index contributed by atoms with van der Waals surface area (Å²) in [6.45, 7) is 0. The SMILES string of the molecule is O=S(=O)(Nc1ccc(Cl)cc1F)c1ccc(-c2ccno2)s1. The zero-order valence-electron chi connectivity index (χ0n) is 10.8. The van der Waals surface area contributed by atoms with Crippen molar-refractivity contribution in [2.45, 2.75) is 4.21 Å². The lowest BCUT2D eigenvalue weighted by Crippen LogP contribution is -2.12. The molecule has 0 unspecified atom stereocenters. The second-order valence-corrected chi connectivity index (χ2v) is 7.65. The monoisotopic (exact) mass is 358 g/mol. The highest BCUT2D eigenvalue weighted by atomic mass is 35.5. The van der Waals surface area contributed by atoms with Crippen LogP contribution in [0.4, 0.5) is 10.1 Å². The second kappa shape index (κ2) is 5.71. The number of aromatic nitrogens is 1. The van der Waals surface area contributed by atoms with Crippen molar-refractivity contribution in [3.63, 3.8) is 0 Å². The third-order valence-corrected chi connectivity index (χ3v) is 5.89. The zero-order chi connectivity index (χ0) is 15.7. The number of anilines is 1. The molecule has 114 valence electrons. The van der Waals surface area contributed by atoms with Crippen molar-refractivity contribution in [2.24, 2.45) is 0 Å². The van der Waals surface area contributed by atoms with E-state index in [9.17, 15) is 12.8 Å². The zero-order valence-corrected chi connectivity index (χ0v) is 13.2. The van der Waals surface area contributed by atoms with Gasteiger partial charge in [-0.15, -0.1) is 11.3 Å². The molecule has 0 bridgehead atoms. The quantitative estimate of drug-likeness (QED) is 0.765. The number of benzene rings is 1. The number of hydrogen-bond donors (Lipinski definition) is 1. The Hall–Kier alpha value is -1.90. The Balaban J connectivity index is 1.90. The molecule has 0 fully saturated rings. The minimum atomic E-state index is -3.90. The molecule has 5 nitrogen and oxygen atoms in total. The van der Waals surface area contributed by atoms with E-state index in [0.29, 0.717) is 10.6 Å². The van der Waals surface area contributed by atoms with Crippen molar-refractivity contribution < 1.29 is 17.3 Å². The standard InChI is InChI=1S/C13H8ClFN2O3S2/c14-8-1-2-10(9(15)7-8)17-22(18,19)13-4-3-12(21-13)11-5-6-16-20-11/h1-7,17H. The maximum atomic E-state index is 13.7. The maximum Gasteiger partial charge on any atom is 0.271 e. The van der Waals surface area contributed by atoms with Gasteiger partial charge in [-0.3, -0.25) is 4.72 Å². The number of thiophene rings is 1. The number of nitrogens with one attached hydrogen (secondary N) is 1. The summed E-state index contributed by atoms with van der Waals surface area (Å²) in [7, 11) is -3.90. The Morgan fingerprint density at radius 1 is 1.23 bits per heavy atom. The molecule has 0 saturated heterocycles. The highest BCUT2D eigenvalue weighted by molar-refractivity contribution is 7.94. The summed E-state index contributed by atoms with van der Waals surface area (Å²) in [6, 6.07) is 8.33. The minimum absolute atomic E-state index is 0.0354. The average molecular weight is 359 g/mol. The second-order valence-electron chi connectivity index (χ2n) is 4.23. The van der Waals surface area contributed by atoms with Crippen molar-refractivity contribution in [3.05, 3.63) is 53.4 Å². The molecule has 0 aliphatic heterocycles. The van der Waals surface area contributed by atoms with Gasteiger partial charge in [0.05, 0.1) is 16.8 Å². The molecule has 0 aliphatic rings. The first-order chi connectivity index (χ1) is 10.5. The molecule has 1 N–H and O–H groups in total. The van der Waals surface area contributed by atoms with Crippen LogP contribution in [0.3, 0.4) is 0 Å². The summed E-state index contributed by atoms with van der Waals surface area (Å²) in [5.74, 6) is -0.285. The molecule has 0 atom stereocenters. The molecule has 0 spiro atoms. The van der Waals surface area contributed by atoms with Crippen molar-refractivity contribution in [2.75, 3.05) is 4.72 Å². The van der Waals surface area contributed by atoms with Crippen molar-refractivity contribution in [1.29, 1.82) is 0 Å². The molecular formula is C13H8ClFN2O3S2. The Bertz CT molecular complexity index is 907. The molecule has 3 aromatic rings. The number of rotatable bonds is 4. The highest BCUT2D eigenvalue weighted by Crippen LogP contribution is 2.32. The Morgan fingerprint density at radius 3 is 2.73 bits per heavy atom. The van der Waals surface area contributed by atoms with E-state index in [1.807, 2.05) is 0 Å². The maximum absolute atomic E-state index is 13.7. The van der Waals surface area contributed by atoms with Gasteiger partial charge in [-0.05, 0) is 30.3 Å². The summed E-state index contributed by atoms with van der Waals surface area (Å²) in [4.78, 5) is 0.606. The fourth-order valence-electron chi connectivity index (χ4n) is 1.71. The van der Waals surface area contributed by atoms with E-state index in [1.54, 1.807) is 12.1 Å². The molecule has 0 amide bonds. The number of nitrogens with zero attached hydrogens (tertiary/aromatic N) is 1. The van der Waals surface area contributed by atoms with E-state index in [0.717, 1.165) is 17.4 Å². The predicted octanol–water partition coefficient (Wildman–Crippen LogP) is 4.00. The Kier molecular flexibility index (Phi) is 3.90. The largest absolute Gasteiger partial charge is 0.355 e. The van der Waals surface area contributed by atoms with Gasteiger partial charge in [-0.2, -0.15) is 0 Å². The van der Waals surface area contributed by atoms with E-state index in [2.05, 4.69) is 9.88 Å². The molecule has 0 radical (unpaired) electrons. The van der Waals surface area contributed by atoms with Gasteiger partial charge in [0.1, 0.15) is 10.0 Å². The van der Waals surface area contributed by atoms with Crippen molar-refractivity contribution in [3.8, 4) is 10.6 Å². The van der Waals surface area contributed by atoms with Crippen molar-refractivity contribution >= 4 is 38.6 Å². The number of halogens is 2. The van der Waals surface area contributed by atoms with Gasteiger partial charge in [-0.25, -0.2) is 12.8 Å². The van der Waals surface area contributed by atoms with E-state index in [-0.39, 0.29) is 14.9 Å². The van der Waals surface area contributed by atoms with Crippen LogP contribution in [0.2, 0.25) is 5.02 Å². The van der Waals surface area contributed by atoms with Crippen LogP contribution in [0.5, 0.6) is 0 Å². The van der Waals surface area contributed by atoms with Crippen LogP contribution in [-0.4, -0.2) is 13.6 Å². The van der Waals surface area contributed by atoms with Crippen LogP contribution in [0, 0.1) is 5.82 Å². The molecule has 2 aromatic heterocycles. The predicted molar refractivity (Wildman–Crippen MR) is 82.0 cm³/mol. The minimum Gasteiger partial charge on any atom is -0.355 e. The average Bonchev–Trinajstić information content (AvgIpc) is 3.11. The molecule has 0 saturated carbocycles. The first-order valence-electron chi connectivity index (χ1n) is 5.94. The van der Waals surface area contributed by atoms with Crippen LogP contribution in [0.1, 0.15) is 0 Å². The van der Waals surface area contributed by atoms with Gasteiger partial charge in [0.15, 0.2) is 5.76 Å². The third-order valence-electron chi connectivity index (χ3n) is 2.70. The molecule has 9 heteroatoms. The lowest BCUT2D eigenvalue weighted by molar-refractivity contribution is 0.433. The van der Waals surface area contributed by atoms with E-state index in [1.165, 1.54) is 24.4 Å². The molecule has 1 aromatic carbocycles. The Labute approximate surface area is 134 Å². The van der Waals surface area contributed by atoms with E-state index < -0.39 is 15.8 Å². The van der Waals surface area contributed by atoms with Gasteiger partial charge in [-0.1, -0.05) is 16.8 Å². The fraction of sp³-hybridized carbons (Fsp3) is 0. The van der Waals surface area contributed by atoms with Gasteiger partial charge in [0.25, 0.3) is 10.0 Å². The lowest BCUT2D eigenvalue weighted by Gasteiger charge is -2.07. The summed E-state index contributed by atoms with van der Waals surface area (Å²) < 4.78 is 45.4. The van der Waals surface area contributed by atoms with Crippen LogP contribution in [-0.2, 0) is 10.0 Å². The van der Waals surface area contributed by atoms with Crippen LogP contribution >= 0.6 is 22.9 Å². The smallest absolute Gasteiger partial charge is 0.271 e. The molecule has 0 aliphatic carbocycles. The van der Waals surface area contributed by atoms with Crippen molar-refractivity contribution in [1.82, 2.24) is 5.16 Å². The number of hydrogen-bond acceptors (Lipinski definition) is 5. The summed E-state index contributed by atoms with van der Waals surface area (Å²) in [6.07, 6.45) is 1.46. The van der Waals surface area contributed by atoms with Gasteiger partial charge in [0.2, 0.25) is 0 Å². The fourth-order valence-corrected chi connectivity index (χ4v) is 4.20. The topological polar surface area (TPSA) is 72.2 Å². The van der Waals surface area contributed by atoms with E-state index in [4.69, 9.17) is 16.1 Å². The summed E-state index contributed by atoms with van der Waals surface area (Å²) >= 11 is 6.63. The van der Waals surface area contributed by atoms with E-state index >= 15 is 0 Å². The molecule has 2 heterocycles. The number of sulfonamides is 1. The summed E-state index contributed by atoms with van der Waals surface area (Å²) in [5, 5.41) is 3.75. The highest BCUT2D eigenvalue weighted by Gasteiger charge is 2.20. The summed E-state index contributed by atoms with van der Waals surface area (Å²) in [5.41, 5.74) is -0.168. The van der Waals surface area contributed by atoms with Gasteiger partial charge >= 0.3 is 0 Å². The first kappa shape index (κ1) is 15.0. The first-order valence-corrected chi connectivity index (χ1v) is 8.62. The Morgan fingerprint density at radius 2 is 2.05 bits per heavy atom.